The predicted molar refractivity (Wildman–Crippen MR) is 129 cm³/mol. The van der Waals surface area contributed by atoms with Gasteiger partial charge >= 0.3 is 5.97 Å². The number of unbranched alkanes of at least 4 members (excludes halogenated alkanes) is 3. The van der Waals surface area contributed by atoms with Crippen LogP contribution >= 0.6 is 0 Å². The fraction of sp³-hybridized carbons (Fsp3) is 0.931. The second-order valence-electron chi connectivity index (χ2n) is 12.9. The second kappa shape index (κ2) is 9.06. The fourth-order valence-electron chi connectivity index (χ4n) is 9.20. The third-order valence-corrected chi connectivity index (χ3v) is 11.0. The molecule has 4 aliphatic carbocycles. The van der Waals surface area contributed by atoms with Crippen molar-refractivity contribution in [2.45, 2.75) is 130 Å². The number of rotatable bonds is 7. The minimum absolute atomic E-state index is 0.0237. The Balaban J connectivity index is 1.41. The van der Waals surface area contributed by atoms with Gasteiger partial charge in [-0.1, -0.05) is 40.0 Å². The molecule has 0 amide bonds. The van der Waals surface area contributed by atoms with Crippen molar-refractivity contribution >= 4 is 11.8 Å². The van der Waals surface area contributed by atoms with Crippen LogP contribution in [0.5, 0.6) is 0 Å². The molecule has 4 rings (SSSR count). The molecule has 0 bridgehead atoms. The topological polar surface area (TPSA) is 43.4 Å². The summed E-state index contributed by atoms with van der Waals surface area (Å²) in [4.78, 5) is 24.9. The molecule has 0 aromatic rings. The van der Waals surface area contributed by atoms with Gasteiger partial charge < -0.3 is 4.74 Å². The minimum atomic E-state index is -0.269. The summed E-state index contributed by atoms with van der Waals surface area (Å²) in [6, 6.07) is 0. The van der Waals surface area contributed by atoms with Crippen LogP contribution in [0.15, 0.2) is 0 Å². The Bertz CT molecular complexity index is 715. The average molecular weight is 445 g/mol. The quantitative estimate of drug-likeness (QED) is 0.301. The van der Waals surface area contributed by atoms with Gasteiger partial charge in [0.25, 0.3) is 0 Å². The van der Waals surface area contributed by atoms with E-state index in [0.29, 0.717) is 29.5 Å². The van der Waals surface area contributed by atoms with Gasteiger partial charge in [-0.05, 0) is 113 Å². The molecule has 3 heteroatoms. The minimum Gasteiger partial charge on any atom is -0.459 e. The van der Waals surface area contributed by atoms with Crippen molar-refractivity contribution in [2.24, 2.45) is 40.4 Å². The van der Waals surface area contributed by atoms with E-state index in [9.17, 15) is 9.59 Å². The molecule has 8 atom stereocenters. The van der Waals surface area contributed by atoms with E-state index >= 15 is 0 Å². The van der Waals surface area contributed by atoms with E-state index < -0.39 is 0 Å². The number of ether oxygens (including phenoxy) is 1. The Morgan fingerprint density at radius 2 is 1.59 bits per heavy atom. The van der Waals surface area contributed by atoms with Crippen LogP contribution in [-0.2, 0) is 14.3 Å². The molecule has 0 saturated heterocycles. The van der Waals surface area contributed by atoms with Gasteiger partial charge in [-0.2, -0.15) is 0 Å². The number of carbonyl (C=O) groups is 2. The van der Waals surface area contributed by atoms with E-state index in [-0.39, 0.29) is 17.0 Å². The highest BCUT2D eigenvalue weighted by molar-refractivity contribution is 5.79. The van der Waals surface area contributed by atoms with Crippen LogP contribution in [0.4, 0.5) is 0 Å². The molecule has 0 radical (unpaired) electrons. The molecule has 182 valence electrons. The van der Waals surface area contributed by atoms with Gasteiger partial charge in [0.05, 0.1) is 0 Å². The Labute approximate surface area is 196 Å². The molecule has 4 fully saturated rings. The monoisotopic (exact) mass is 444 g/mol. The van der Waals surface area contributed by atoms with Crippen LogP contribution in [-0.4, -0.2) is 17.4 Å². The SMILES string of the molecule is CCCCCCC(=O)O[C@]1(C)CC[C@@]2(C)[C@@H](CC[C@@H]3[C@@H]2CC[C@]2(C)[C@@H](C(C)=O)CC[C@@H]32)C1. The van der Waals surface area contributed by atoms with Crippen LogP contribution in [0.25, 0.3) is 0 Å². The van der Waals surface area contributed by atoms with Crippen molar-refractivity contribution < 1.29 is 14.3 Å². The molecule has 0 N–H and O–H groups in total. The summed E-state index contributed by atoms with van der Waals surface area (Å²) in [5, 5.41) is 0. The Morgan fingerprint density at radius 3 is 2.31 bits per heavy atom. The van der Waals surface area contributed by atoms with Gasteiger partial charge in [0.15, 0.2) is 0 Å². The number of esters is 1. The molecule has 3 nitrogen and oxygen atoms in total. The van der Waals surface area contributed by atoms with Crippen molar-refractivity contribution in [3.63, 3.8) is 0 Å². The van der Waals surface area contributed by atoms with Crippen LogP contribution in [0.3, 0.4) is 0 Å². The summed E-state index contributed by atoms with van der Waals surface area (Å²) in [5.74, 6) is 3.75. The van der Waals surface area contributed by atoms with E-state index in [1.165, 1.54) is 51.4 Å². The summed E-state index contributed by atoms with van der Waals surface area (Å²) >= 11 is 0. The van der Waals surface area contributed by atoms with Crippen LogP contribution in [0.1, 0.15) is 125 Å². The van der Waals surface area contributed by atoms with Crippen LogP contribution in [0.2, 0.25) is 0 Å². The van der Waals surface area contributed by atoms with Crippen molar-refractivity contribution in [3.05, 3.63) is 0 Å². The number of hydrogen-bond donors (Lipinski definition) is 0. The molecule has 0 heterocycles. The molecule has 0 aliphatic heterocycles. The molecule has 4 saturated carbocycles. The normalized spacial score (nSPS) is 45.5. The zero-order valence-electron chi connectivity index (χ0n) is 21.5. The molecular weight excluding hydrogens is 396 g/mol. The third kappa shape index (κ3) is 4.20. The van der Waals surface area contributed by atoms with Crippen molar-refractivity contribution in [1.29, 1.82) is 0 Å². The largest absolute Gasteiger partial charge is 0.459 e. The first-order chi connectivity index (χ1) is 15.1. The average Bonchev–Trinajstić information content (AvgIpc) is 3.09. The molecule has 4 aliphatic rings. The van der Waals surface area contributed by atoms with Gasteiger partial charge in [-0.25, -0.2) is 0 Å². The third-order valence-electron chi connectivity index (χ3n) is 11.0. The Kier molecular flexibility index (Phi) is 6.87. The lowest BCUT2D eigenvalue weighted by molar-refractivity contribution is -0.181. The summed E-state index contributed by atoms with van der Waals surface area (Å²) in [5.41, 5.74) is 0.355. The van der Waals surface area contributed by atoms with Crippen LogP contribution in [0, 0.1) is 40.4 Å². The zero-order chi connectivity index (χ0) is 23.1. The molecule has 0 unspecified atom stereocenters. The van der Waals surface area contributed by atoms with Crippen molar-refractivity contribution in [2.75, 3.05) is 0 Å². The van der Waals surface area contributed by atoms with Gasteiger partial charge in [-0.3, -0.25) is 9.59 Å². The van der Waals surface area contributed by atoms with Crippen molar-refractivity contribution in [3.8, 4) is 0 Å². The predicted octanol–water partition coefficient (Wildman–Crippen LogP) is 7.51. The first-order valence-electron chi connectivity index (χ1n) is 13.9. The summed E-state index contributed by atoms with van der Waals surface area (Å²) in [6.07, 6.45) is 15.8. The zero-order valence-corrected chi connectivity index (χ0v) is 21.5. The highest BCUT2D eigenvalue weighted by atomic mass is 16.6. The van der Waals surface area contributed by atoms with Gasteiger partial charge in [0, 0.05) is 12.3 Å². The molecular formula is C29H48O3. The maximum atomic E-state index is 12.5. The highest BCUT2D eigenvalue weighted by Crippen LogP contribution is 2.68. The second-order valence-corrected chi connectivity index (χ2v) is 12.9. The van der Waals surface area contributed by atoms with Gasteiger partial charge in [0.1, 0.15) is 11.4 Å². The number of fused-ring (bicyclic) bond motifs is 5. The lowest BCUT2D eigenvalue weighted by Gasteiger charge is -2.62. The van der Waals surface area contributed by atoms with Gasteiger partial charge in [-0.15, -0.1) is 0 Å². The maximum Gasteiger partial charge on any atom is 0.306 e. The standard InChI is InChI=1S/C29H48O3/c1-6-7-8-9-10-26(31)32-27(3)17-18-28(4)21(19-27)11-12-22-24-14-13-23(20(2)30)29(24,5)16-15-25(22)28/h21-25H,6-19H2,1-5H3/t21-,22-,23+,24-,25-,27+,28-,29+/m0/s1. The first kappa shape index (κ1) is 24.3. The van der Waals surface area contributed by atoms with E-state index in [1.54, 1.807) is 0 Å². The summed E-state index contributed by atoms with van der Waals surface area (Å²) in [7, 11) is 0. The highest BCUT2D eigenvalue weighted by Gasteiger charge is 2.61. The number of carbonyl (C=O) groups excluding carboxylic acids is 2. The van der Waals surface area contributed by atoms with E-state index in [0.717, 1.165) is 49.9 Å². The molecule has 0 aromatic heterocycles. The van der Waals surface area contributed by atoms with Gasteiger partial charge in [0.2, 0.25) is 0 Å². The lowest BCUT2D eigenvalue weighted by Crippen LogP contribution is -2.56. The van der Waals surface area contributed by atoms with Crippen molar-refractivity contribution in [1.82, 2.24) is 0 Å². The fourth-order valence-corrected chi connectivity index (χ4v) is 9.20. The number of Topliss-reactive ketones (excluding diaryl/α,β-unsaturated/α-hetero) is 1. The maximum absolute atomic E-state index is 12.5. The van der Waals surface area contributed by atoms with E-state index in [2.05, 4.69) is 27.7 Å². The van der Waals surface area contributed by atoms with E-state index in [4.69, 9.17) is 4.74 Å². The number of ketones is 1. The molecule has 32 heavy (non-hydrogen) atoms. The molecule has 0 spiro atoms. The summed E-state index contributed by atoms with van der Waals surface area (Å²) in [6.45, 7) is 11.2. The van der Waals surface area contributed by atoms with Crippen LogP contribution < -0.4 is 0 Å². The summed E-state index contributed by atoms with van der Waals surface area (Å²) < 4.78 is 6.14. The first-order valence-corrected chi connectivity index (χ1v) is 13.9. The lowest BCUT2D eigenvalue weighted by atomic mass is 9.44. The Morgan fingerprint density at radius 1 is 0.844 bits per heavy atom. The van der Waals surface area contributed by atoms with E-state index in [1.807, 2.05) is 6.92 Å². The smallest absolute Gasteiger partial charge is 0.306 e. The number of hydrogen-bond acceptors (Lipinski definition) is 3. The Hall–Kier alpha value is -0.860. The molecule has 0 aromatic carbocycles.